The normalized spacial score (nSPS) is 27.4. The Kier molecular flexibility index (Phi) is 2.86. The van der Waals surface area contributed by atoms with E-state index in [2.05, 4.69) is 37.4 Å². The predicted octanol–water partition coefficient (Wildman–Crippen LogP) is 2.02. The first-order valence-electron chi connectivity index (χ1n) is 6.77. The van der Waals surface area contributed by atoms with Gasteiger partial charge in [0, 0.05) is 18.7 Å². The summed E-state index contributed by atoms with van der Waals surface area (Å²) in [5.74, 6) is 0.834. The first-order valence-corrected chi connectivity index (χ1v) is 6.77. The molecule has 96 valence electrons. The van der Waals surface area contributed by atoms with Crippen LogP contribution in [0, 0.1) is 19.8 Å². The second-order valence-electron chi connectivity index (χ2n) is 5.58. The van der Waals surface area contributed by atoms with Crippen LogP contribution in [0.2, 0.25) is 0 Å². The molecule has 1 aromatic rings. The summed E-state index contributed by atoms with van der Waals surface area (Å²) in [6.07, 6.45) is 1.84. The van der Waals surface area contributed by atoms with E-state index in [9.17, 15) is 4.79 Å². The van der Waals surface area contributed by atoms with E-state index in [-0.39, 0.29) is 0 Å². The zero-order valence-corrected chi connectivity index (χ0v) is 11.1. The number of piperidine rings is 1. The van der Waals surface area contributed by atoms with E-state index in [1.807, 2.05) is 4.90 Å². The molecule has 0 saturated carbocycles. The van der Waals surface area contributed by atoms with Gasteiger partial charge in [-0.1, -0.05) is 12.1 Å². The minimum Gasteiger partial charge on any atom is -0.315 e. The first kappa shape index (κ1) is 11.7. The molecule has 18 heavy (non-hydrogen) atoms. The second-order valence-corrected chi connectivity index (χ2v) is 5.58. The van der Waals surface area contributed by atoms with Crippen molar-refractivity contribution >= 4 is 11.6 Å². The van der Waals surface area contributed by atoms with Crippen molar-refractivity contribution in [3.8, 4) is 0 Å². The molecule has 0 bridgehead atoms. The lowest BCUT2D eigenvalue weighted by Gasteiger charge is -2.33. The molecule has 2 unspecified atom stereocenters. The molecule has 3 nitrogen and oxygen atoms in total. The summed E-state index contributed by atoms with van der Waals surface area (Å²) in [6, 6.07) is 6.72. The highest BCUT2D eigenvalue weighted by molar-refractivity contribution is 5.97. The van der Waals surface area contributed by atoms with Gasteiger partial charge in [-0.15, -0.1) is 0 Å². The van der Waals surface area contributed by atoms with Crippen LogP contribution < -0.4 is 10.2 Å². The number of benzene rings is 1. The van der Waals surface area contributed by atoms with Crippen molar-refractivity contribution in [3.05, 3.63) is 29.3 Å². The average molecular weight is 244 g/mol. The van der Waals surface area contributed by atoms with Crippen LogP contribution in [-0.2, 0) is 4.79 Å². The van der Waals surface area contributed by atoms with E-state index in [1.54, 1.807) is 0 Å². The quantitative estimate of drug-likeness (QED) is 0.819. The van der Waals surface area contributed by atoms with Gasteiger partial charge < -0.3 is 10.2 Å². The summed E-state index contributed by atoms with van der Waals surface area (Å²) < 4.78 is 0. The van der Waals surface area contributed by atoms with Gasteiger partial charge in [0.2, 0.25) is 5.91 Å². The molecule has 0 aliphatic carbocycles. The lowest BCUT2D eigenvalue weighted by Crippen LogP contribution is -2.47. The number of carbonyl (C=O) groups is 1. The number of fused-ring (bicyclic) bond motifs is 1. The van der Waals surface area contributed by atoms with Gasteiger partial charge in [0.1, 0.15) is 0 Å². The number of carbonyl (C=O) groups excluding carboxylic acids is 1. The Bertz CT molecular complexity index is 483. The third kappa shape index (κ3) is 1.83. The molecule has 0 radical (unpaired) electrons. The van der Waals surface area contributed by atoms with E-state index >= 15 is 0 Å². The van der Waals surface area contributed by atoms with Gasteiger partial charge in [0.25, 0.3) is 0 Å². The minimum atomic E-state index is 0.294. The Morgan fingerprint density at radius 3 is 3.00 bits per heavy atom. The molecule has 0 aromatic heterocycles. The summed E-state index contributed by atoms with van der Waals surface area (Å²) >= 11 is 0. The number of anilines is 1. The molecule has 1 N–H and O–H groups in total. The molecule has 2 atom stereocenters. The largest absolute Gasteiger partial charge is 0.315 e. The van der Waals surface area contributed by atoms with Crippen LogP contribution >= 0.6 is 0 Å². The monoisotopic (exact) mass is 244 g/mol. The van der Waals surface area contributed by atoms with Crippen LogP contribution in [0.3, 0.4) is 0 Å². The standard InChI is InChI=1S/C15H20N2O/c1-10-3-4-11(2)13(7-10)17-14-9-16-6-5-12(14)8-15(17)18/h3-4,7,12,14,16H,5-6,8-9H2,1-2H3. The van der Waals surface area contributed by atoms with E-state index < -0.39 is 0 Å². The van der Waals surface area contributed by atoms with Crippen molar-refractivity contribution in [3.63, 3.8) is 0 Å². The fourth-order valence-electron chi connectivity index (χ4n) is 3.24. The van der Waals surface area contributed by atoms with Gasteiger partial charge in [-0.2, -0.15) is 0 Å². The molecule has 3 rings (SSSR count). The molecule has 3 heteroatoms. The third-order valence-corrected chi connectivity index (χ3v) is 4.25. The summed E-state index contributed by atoms with van der Waals surface area (Å²) in [4.78, 5) is 14.3. The average Bonchev–Trinajstić information content (AvgIpc) is 2.68. The molecule has 2 fully saturated rings. The van der Waals surface area contributed by atoms with Crippen molar-refractivity contribution in [2.45, 2.75) is 32.7 Å². The van der Waals surface area contributed by atoms with Gasteiger partial charge in [0.05, 0.1) is 6.04 Å². The number of aryl methyl sites for hydroxylation is 2. The number of amides is 1. The van der Waals surface area contributed by atoms with Crippen molar-refractivity contribution in [1.29, 1.82) is 0 Å². The Balaban J connectivity index is 1.99. The summed E-state index contributed by atoms with van der Waals surface area (Å²) in [6.45, 7) is 6.16. The van der Waals surface area contributed by atoms with E-state index in [4.69, 9.17) is 0 Å². The summed E-state index contributed by atoms with van der Waals surface area (Å²) in [5, 5.41) is 3.42. The topological polar surface area (TPSA) is 32.3 Å². The maximum atomic E-state index is 12.3. The number of nitrogens with one attached hydrogen (secondary N) is 1. The van der Waals surface area contributed by atoms with E-state index in [0.717, 1.165) is 31.6 Å². The number of rotatable bonds is 1. The van der Waals surface area contributed by atoms with E-state index in [1.165, 1.54) is 11.1 Å². The molecule has 2 aliphatic heterocycles. The maximum Gasteiger partial charge on any atom is 0.227 e. The van der Waals surface area contributed by atoms with Crippen LogP contribution in [0.25, 0.3) is 0 Å². The molecule has 1 amide bonds. The summed E-state index contributed by atoms with van der Waals surface area (Å²) in [5.41, 5.74) is 3.52. The van der Waals surface area contributed by atoms with E-state index in [0.29, 0.717) is 17.9 Å². The van der Waals surface area contributed by atoms with Gasteiger partial charge >= 0.3 is 0 Å². The molecule has 2 heterocycles. The molecule has 1 aromatic carbocycles. The van der Waals surface area contributed by atoms with Gasteiger partial charge in [-0.25, -0.2) is 0 Å². The molecule has 2 aliphatic rings. The zero-order valence-electron chi connectivity index (χ0n) is 11.1. The molecule has 0 spiro atoms. The zero-order chi connectivity index (χ0) is 12.7. The van der Waals surface area contributed by atoms with Crippen molar-refractivity contribution < 1.29 is 4.79 Å². The lowest BCUT2D eigenvalue weighted by molar-refractivity contribution is -0.117. The minimum absolute atomic E-state index is 0.294. The number of hydrogen-bond donors (Lipinski definition) is 1. The fraction of sp³-hybridized carbons (Fsp3) is 0.533. The Labute approximate surface area is 108 Å². The highest BCUT2D eigenvalue weighted by Gasteiger charge is 2.41. The summed E-state index contributed by atoms with van der Waals surface area (Å²) in [7, 11) is 0. The van der Waals surface area contributed by atoms with Crippen LogP contribution in [0.4, 0.5) is 5.69 Å². The van der Waals surface area contributed by atoms with Gasteiger partial charge in [0.15, 0.2) is 0 Å². The Morgan fingerprint density at radius 1 is 1.33 bits per heavy atom. The van der Waals surface area contributed by atoms with Crippen molar-refractivity contribution in [2.24, 2.45) is 5.92 Å². The first-order chi connectivity index (χ1) is 8.66. The van der Waals surface area contributed by atoms with Crippen molar-refractivity contribution in [1.82, 2.24) is 5.32 Å². The molecular weight excluding hydrogens is 224 g/mol. The van der Waals surface area contributed by atoms with Crippen molar-refractivity contribution in [2.75, 3.05) is 18.0 Å². The van der Waals surface area contributed by atoms with Crippen LogP contribution in [0.1, 0.15) is 24.0 Å². The van der Waals surface area contributed by atoms with Gasteiger partial charge in [-0.05, 0) is 49.9 Å². The molecule has 2 saturated heterocycles. The van der Waals surface area contributed by atoms with Crippen LogP contribution in [0.15, 0.2) is 18.2 Å². The van der Waals surface area contributed by atoms with Gasteiger partial charge in [-0.3, -0.25) is 4.79 Å². The highest BCUT2D eigenvalue weighted by atomic mass is 16.2. The van der Waals surface area contributed by atoms with Crippen LogP contribution in [0.5, 0.6) is 0 Å². The lowest BCUT2D eigenvalue weighted by atomic mass is 9.93. The molecular formula is C15H20N2O. The second kappa shape index (κ2) is 4.39. The SMILES string of the molecule is Cc1ccc(C)c(N2C(=O)CC3CCNCC32)c1. The smallest absolute Gasteiger partial charge is 0.227 e. The third-order valence-electron chi connectivity index (χ3n) is 4.25. The maximum absolute atomic E-state index is 12.3. The highest BCUT2D eigenvalue weighted by Crippen LogP contribution is 2.35. The predicted molar refractivity (Wildman–Crippen MR) is 72.8 cm³/mol. The van der Waals surface area contributed by atoms with Crippen LogP contribution in [-0.4, -0.2) is 25.0 Å². The number of hydrogen-bond acceptors (Lipinski definition) is 2. The Hall–Kier alpha value is -1.35. The fourth-order valence-corrected chi connectivity index (χ4v) is 3.24. The Morgan fingerprint density at radius 2 is 2.17 bits per heavy atom. The number of nitrogens with zero attached hydrogens (tertiary/aromatic N) is 1.